The van der Waals surface area contributed by atoms with Gasteiger partial charge in [0.2, 0.25) is 5.76 Å². The van der Waals surface area contributed by atoms with E-state index in [2.05, 4.69) is 15.2 Å². The van der Waals surface area contributed by atoms with Gasteiger partial charge in [0, 0.05) is 29.9 Å². The van der Waals surface area contributed by atoms with Crippen LogP contribution in [0.4, 0.5) is 11.4 Å². The molecule has 0 aliphatic carbocycles. The van der Waals surface area contributed by atoms with Gasteiger partial charge in [-0.3, -0.25) is 9.52 Å². The number of nitrogens with one attached hydrogen (secondary N) is 2. The van der Waals surface area contributed by atoms with Crippen LogP contribution in [-0.4, -0.2) is 32.7 Å². The molecule has 0 unspecified atom stereocenters. The Morgan fingerprint density at radius 2 is 1.67 bits per heavy atom. The number of amides is 1. The highest BCUT2D eigenvalue weighted by Gasteiger charge is 2.19. The van der Waals surface area contributed by atoms with E-state index in [1.807, 2.05) is 0 Å². The van der Waals surface area contributed by atoms with E-state index in [0.717, 1.165) is 6.42 Å². The summed E-state index contributed by atoms with van der Waals surface area (Å²) < 4.78 is 44.0. The topological polar surface area (TPSA) is 120 Å². The van der Waals surface area contributed by atoms with E-state index in [1.165, 1.54) is 18.2 Å². The highest BCUT2D eigenvalue weighted by molar-refractivity contribution is 7.92. The standard InChI is InChI=1S/C20H19N3O6S/c1-13-11-19(29-22-13)20(24)21-14-3-5-15(6-4-14)23-30(25,26)16-7-8-17-18(12-16)28-10-2-9-27-17/h3-8,11-12,23H,2,9-10H2,1H3,(H,21,24). The van der Waals surface area contributed by atoms with Gasteiger partial charge < -0.3 is 19.3 Å². The lowest BCUT2D eigenvalue weighted by molar-refractivity contribution is 0.0988. The van der Waals surface area contributed by atoms with Crippen molar-refractivity contribution in [2.24, 2.45) is 0 Å². The van der Waals surface area contributed by atoms with Gasteiger partial charge >= 0.3 is 0 Å². The van der Waals surface area contributed by atoms with Crippen molar-refractivity contribution in [2.75, 3.05) is 23.3 Å². The molecular formula is C20H19N3O6S. The summed E-state index contributed by atoms with van der Waals surface area (Å²) >= 11 is 0. The minimum Gasteiger partial charge on any atom is -0.490 e. The largest absolute Gasteiger partial charge is 0.490 e. The van der Waals surface area contributed by atoms with Gasteiger partial charge in [0.05, 0.1) is 23.8 Å². The van der Waals surface area contributed by atoms with Gasteiger partial charge in [-0.2, -0.15) is 0 Å². The molecule has 10 heteroatoms. The highest BCUT2D eigenvalue weighted by Crippen LogP contribution is 2.32. The predicted octanol–water partition coefficient (Wildman–Crippen LogP) is 3.20. The molecule has 4 rings (SSSR count). The van der Waals surface area contributed by atoms with Crippen LogP contribution in [0.25, 0.3) is 0 Å². The maximum atomic E-state index is 12.7. The molecule has 1 aromatic heterocycles. The van der Waals surface area contributed by atoms with Crippen molar-refractivity contribution in [1.82, 2.24) is 5.16 Å². The number of fused-ring (bicyclic) bond motifs is 1. The molecule has 0 spiro atoms. The molecule has 1 aliphatic heterocycles. The Bertz CT molecular complexity index is 1170. The van der Waals surface area contributed by atoms with Crippen LogP contribution in [0.15, 0.2) is 57.9 Å². The zero-order chi connectivity index (χ0) is 21.1. The van der Waals surface area contributed by atoms with Crippen LogP contribution in [-0.2, 0) is 10.0 Å². The average Bonchev–Trinajstić information content (AvgIpc) is 3.02. The van der Waals surface area contributed by atoms with E-state index < -0.39 is 15.9 Å². The van der Waals surface area contributed by atoms with Crippen molar-refractivity contribution in [1.29, 1.82) is 0 Å². The van der Waals surface area contributed by atoms with Crippen LogP contribution >= 0.6 is 0 Å². The number of rotatable bonds is 5. The lowest BCUT2D eigenvalue weighted by Crippen LogP contribution is -2.14. The average molecular weight is 429 g/mol. The van der Waals surface area contributed by atoms with Gasteiger partial charge in [-0.1, -0.05) is 5.16 Å². The second-order valence-corrected chi connectivity index (χ2v) is 8.31. The highest BCUT2D eigenvalue weighted by atomic mass is 32.2. The number of sulfonamides is 1. The maximum Gasteiger partial charge on any atom is 0.294 e. The molecule has 3 aromatic rings. The third kappa shape index (κ3) is 4.38. The third-order valence-corrected chi connectivity index (χ3v) is 5.65. The van der Waals surface area contributed by atoms with E-state index in [1.54, 1.807) is 37.3 Å². The molecule has 0 radical (unpaired) electrons. The van der Waals surface area contributed by atoms with E-state index in [4.69, 9.17) is 14.0 Å². The molecule has 156 valence electrons. The molecule has 2 aromatic carbocycles. The first-order valence-electron chi connectivity index (χ1n) is 9.18. The molecule has 9 nitrogen and oxygen atoms in total. The zero-order valence-electron chi connectivity index (χ0n) is 16.0. The lowest BCUT2D eigenvalue weighted by Gasteiger charge is -2.12. The molecular weight excluding hydrogens is 410 g/mol. The Morgan fingerprint density at radius 3 is 2.37 bits per heavy atom. The quantitative estimate of drug-likeness (QED) is 0.639. The summed E-state index contributed by atoms with van der Waals surface area (Å²) in [6, 6.07) is 12.2. The summed E-state index contributed by atoms with van der Waals surface area (Å²) in [6.07, 6.45) is 0.730. The smallest absolute Gasteiger partial charge is 0.294 e. The Morgan fingerprint density at radius 1 is 0.967 bits per heavy atom. The van der Waals surface area contributed by atoms with Gasteiger partial charge in [-0.15, -0.1) is 0 Å². The fourth-order valence-corrected chi connectivity index (χ4v) is 3.88. The molecule has 0 saturated carbocycles. The van der Waals surface area contributed by atoms with Gasteiger partial charge in [-0.25, -0.2) is 8.42 Å². The Kier molecular flexibility index (Phi) is 5.32. The Labute approximate surface area is 173 Å². The summed E-state index contributed by atoms with van der Waals surface area (Å²) in [5.74, 6) is 0.562. The maximum absolute atomic E-state index is 12.7. The number of hydrogen-bond donors (Lipinski definition) is 2. The van der Waals surface area contributed by atoms with Crippen LogP contribution in [0.5, 0.6) is 11.5 Å². The molecule has 2 heterocycles. The summed E-state index contributed by atoms with van der Waals surface area (Å²) in [4.78, 5) is 12.1. The summed E-state index contributed by atoms with van der Waals surface area (Å²) in [6.45, 7) is 2.70. The lowest BCUT2D eigenvalue weighted by atomic mass is 10.3. The fraction of sp³-hybridized carbons (Fsp3) is 0.200. The Hall–Kier alpha value is -3.53. The first kappa shape index (κ1) is 19.8. The number of carbonyl (C=O) groups excluding carboxylic acids is 1. The molecule has 30 heavy (non-hydrogen) atoms. The molecule has 0 atom stereocenters. The number of anilines is 2. The second-order valence-electron chi connectivity index (χ2n) is 6.63. The summed E-state index contributed by atoms with van der Waals surface area (Å²) in [7, 11) is -3.83. The van der Waals surface area contributed by atoms with Crippen molar-refractivity contribution in [2.45, 2.75) is 18.2 Å². The number of ether oxygens (including phenoxy) is 2. The number of aromatic nitrogens is 1. The monoisotopic (exact) mass is 429 g/mol. The van der Waals surface area contributed by atoms with E-state index in [0.29, 0.717) is 41.8 Å². The molecule has 0 bridgehead atoms. The molecule has 0 fully saturated rings. The van der Waals surface area contributed by atoms with Crippen LogP contribution in [0, 0.1) is 6.92 Å². The molecule has 0 saturated heterocycles. The molecule has 1 amide bonds. The zero-order valence-corrected chi connectivity index (χ0v) is 16.9. The van der Waals surface area contributed by atoms with Crippen molar-refractivity contribution in [3.05, 3.63) is 60.0 Å². The second kappa shape index (κ2) is 8.07. The van der Waals surface area contributed by atoms with Crippen LogP contribution in [0.1, 0.15) is 22.7 Å². The van der Waals surface area contributed by atoms with E-state index >= 15 is 0 Å². The summed E-state index contributed by atoms with van der Waals surface area (Å²) in [5, 5.41) is 6.32. The van der Waals surface area contributed by atoms with E-state index in [9.17, 15) is 13.2 Å². The first-order chi connectivity index (χ1) is 14.4. The predicted molar refractivity (Wildman–Crippen MR) is 108 cm³/mol. The van der Waals surface area contributed by atoms with Gasteiger partial charge in [0.15, 0.2) is 11.5 Å². The minimum atomic E-state index is -3.83. The summed E-state index contributed by atoms with van der Waals surface area (Å²) in [5.41, 5.74) is 1.42. The van der Waals surface area contributed by atoms with Crippen LogP contribution in [0.3, 0.4) is 0 Å². The normalized spacial score (nSPS) is 13.4. The van der Waals surface area contributed by atoms with Crippen molar-refractivity contribution < 1.29 is 27.2 Å². The Balaban J connectivity index is 1.46. The van der Waals surface area contributed by atoms with Gasteiger partial charge in [0.25, 0.3) is 15.9 Å². The number of nitrogens with zero attached hydrogens (tertiary/aromatic N) is 1. The van der Waals surface area contributed by atoms with Crippen molar-refractivity contribution >= 4 is 27.3 Å². The SMILES string of the molecule is Cc1cc(C(=O)Nc2ccc(NS(=O)(=O)c3ccc4c(c3)OCCCO4)cc2)on1. The third-order valence-electron chi connectivity index (χ3n) is 4.28. The van der Waals surface area contributed by atoms with Crippen LogP contribution < -0.4 is 19.5 Å². The number of carbonyl (C=O) groups is 1. The van der Waals surface area contributed by atoms with Crippen molar-refractivity contribution in [3.8, 4) is 11.5 Å². The van der Waals surface area contributed by atoms with Crippen LogP contribution in [0.2, 0.25) is 0 Å². The number of aryl methyl sites for hydroxylation is 1. The minimum absolute atomic E-state index is 0.0600. The number of hydrogen-bond acceptors (Lipinski definition) is 7. The fourth-order valence-electron chi connectivity index (χ4n) is 2.81. The van der Waals surface area contributed by atoms with Gasteiger partial charge in [-0.05, 0) is 43.3 Å². The first-order valence-corrected chi connectivity index (χ1v) is 10.7. The number of benzene rings is 2. The van der Waals surface area contributed by atoms with Crippen molar-refractivity contribution in [3.63, 3.8) is 0 Å². The van der Waals surface area contributed by atoms with E-state index in [-0.39, 0.29) is 10.7 Å². The molecule has 1 aliphatic rings. The van der Waals surface area contributed by atoms with Gasteiger partial charge in [0.1, 0.15) is 0 Å². The molecule has 2 N–H and O–H groups in total.